The van der Waals surface area contributed by atoms with E-state index in [4.69, 9.17) is 4.74 Å². The standard InChI is InChI=1S/C12H23N3O3.ClH/c1-8-10(13-5-6-18-8)11(17)14-7-9(16)15-12(2,3)4;/h8,10,13H,5-7H2,1-4H3,(H,14,17)(H,15,16);1H/t8-,10+;/m1./s1. The molecule has 0 aromatic heterocycles. The third-order valence-electron chi connectivity index (χ3n) is 2.54. The topological polar surface area (TPSA) is 79.5 Å². The Morgan fingerprint density at radius 2 is 2.00 bits per heavy atom. The van der Waals surface area contributed by atoms with E-state index in [2.05, 4.69) is 16.0 Å². The molecule has 6 nitrogen and oxygen atoms in total. The summed E-state index contributed by atoms with van der Waals surface area (Å²) in [6.07, 6.45) is -0.176. The molecule has 0 aromatic carbocycles. The van der Waals surface area contributed by atoms with Gasteiger partial charge in [0.15, 0.2) is 0 Å². The molecular formula is C12H24ClN3O3. The largest absolute Gasteiger partial charge is 0.375 e. The smallest absolute Gasteiger partial charge is 0.240 e. The molecule has 2 atom stereocenters. The van der Waals surface area contributed by atoms with Crippen molar-refractivity contribution in [3.8, 4) is 0 Å². The Bertz CT molecular complexity index is 318. The molecule has 0 spiro atoms. The molecule has 0 aromatic rings. The zero-order valence-electron chi connectivity index (χ0n) is 11.9. The summed E-state index contributed by atoms with van der Waals surface area (Å²) in [6.45, 7) is 8.76. The van der Waals surface area contributed by atoms with Crippen molar-refractivity contribution in [2.75, 3.05) is 19.7 Å². The molecule has 19 heavy (non-hydrogen) atoms. The van der Waals surface area contributed by atoms with Crippen molar-refractivity contribution in [2.24, 2.45) is 0 Å². The molecule has 7 heteroatoms. The van der Waals surface area contributed by atoms with E-state index in [1.807, 2.05) is 27.7 Å². The van der Waals surface area contributed by atoms with Gasteiger partial charge in [0.2, 0.25) is 11.8 Å². The van der Waals surface area contributed by atoms with Crippen molar-refractivity contribution in [1.29, 1.82) is 0 Å². The predicted octanol–water partition coefficient (Wildman–Crippen LogP) is -0.184. The number of carbonyl (C=O) groups excluding carboxylic acids is 2. The van der Waals surface area contributed by atoms with Crippen LogP contribution in [0, 0.1) is 0 Å². The van der Waals surface area contributed by atoms with E-state index in [1.54, 1.807) is 0 Å². The van der Waals surface area contributed by atoms with E-state index in [0.717, 1.165) is 0 Å². The molecule has 112 valence electrons. The Hall–Kier alpha value is -0.850. The van der Waals surface area contributed by atoms with Crippen LogP contribution in [-0.4, -0.2) is 49.2 Å². The lowest BCUT2D eigenvalue weighted by atomic mass is 10.1. The maximum Gasteiger partial charge on any atom is 0.240 e. The molecule has 1 saturated heterocycles. The number of rotatable bonds is 3. The maximum atomic E-state index is 11.8. The highest BCUT2D eigenvalue weighted by Crippen LogP contribution is 2.03. The van der Waals surface area contributed by atoms with E-state index in [1.165, 1.54) is 0 Å². The third kappa shape index (κ3) is 6.75. The summed E-state index contributed by atoms with van der Waals surface area (Å²) in [4.78, 5) is 23.4. The fraction of sp³-hybridized carbons (Fsp3) is 0.833. The van der Waals surface area contributed by atoms with Crippen LogP contribution in [0.2, 0.25) is 0 Å². The lowest BCUT2D eigenvalue weighted by Gasteiger charge is -2.29. The Balaban J connectivity index is 0.00000324. The SMILES string of the molecule is C[C@H]1OCCN[C@@H]1C(=O)NCC(=O)NC(C)(C)C.Cl. The van der Waals surface area contributed by atoms with Gasteiger partial charge in [0.25, 0.3) is 0 Å². The van der Waals surface area contributed by atoms with Gasteiger partial charge in [-0.05, 0) is 27.7 Å². The number of halogens is 1. The molecule has 1 fully saturated rings. The van der Waals surface area contributed by atoms with Gasteiger partial charge in [-0.15, -0.1) is 12.4 Å². The van der Waals surface area contributed by atoms with Gasteiger partial charge < -0.3 is 20.7 Å². The molecule has 2 amide bonds. The summed E-state index contributed by atoms with van der Waals surface area (Å²) in [5.74, 6) is -0.397. The Morgan fingerprint density at radius 3 is 2.53 bits per heavy atom. The second kappa shape index (κ2) is 7.67. The van der Waals surface area contributed by atoms with Crippen molar-refractivity contribution in [1.82, 2.24) is 16.0 Å². The van der Waals surface area contributed by atoms with Crippen LogP contribution >= 0.6 is 12.4 Å². The molecule has 0 unspecified atom stereocenters. The first-order valence-electron chi connectivity index (χ1n) is 6.23. The average molecular weight is 294 g/mol. The van der Waals surface area contributed by atoms with Gasteiger partial charge in [-0.1, -0.05) is 0 Å². The predicted molar refractivity (Wildman–Crippen MR) is 75.4 cm³/mol. The highest BCUT2D eigenvalue weighted by Gasteiger charge is 2.28. The van der Waals surface area contributed by atoms with Gasteiger partial charge in [0.1, 0.15) is 6.04 Å². The fourth-order valence-electron chi connectivity index (χ4n) is 1.77. The molecule has 1 aliphatic heterocycles. The number of morpholine rings is 1. The Morgan fingerprint density at radius 1 is 1.37 bits per heavy atom. The first kappa shape index (κ1) is 18.1. The summed E-state index contributed by atoms with van der Waals surface area (Å²) >= 11 is 0. The molecule has 0 saturated carbocycles. The van der Waals surface area contributed by atoms with Gasteiger partial charge in [-0.2, -0.15) is 0 Å². The van der Waals surface area contributed by atoms with Gasteiger partial charge >= 0.3 is 0 Å². The lowest BCUT2D eigenvalue weighted by molar-refractivity contribution is -0.131. The highest BCUT2D eigenvalue weighted by molar-refractivity contribution is 5.88. The molecule has 0 bridgehead atoms. The zero-order chi connectivity index (χ0) is 13.8. The normalized spacial score (nSPS) is 23.2. The molecule has 1 rings (SSSR count). The molecule has 0 aliphatic carbocycles. The first-order chi connectivity index (χ1) is 8.29. The van der Waals surface area contributed by atoms with E-state index in [9.17, 15) is 9.59 Å². The number of carbonyl (C=O) groups is 2. The van der Waals surface area contributed by atoms with Crippen molar-refractivity contribution < 1.29 is 14.3 Å². The van der Waals surface area contributed by atoms with Crippen LogP contribution in [0.4, 0.5) is 0 Å². The van der Waals surface area contributed by atoms with Crippen LogP contribution in [0.15, 0.2) is 0 Å². The molecule has 1 heterocycles. The average Bonchev–Trinajstić information content (AvgIpc) is 2.24. The van der Waals surface area contributed by atoms with Crippen molar-refractivity contribution in [2.45, 2.75) is 45.4 Å². The monoisotopic (exact) mass is 293 g/mol. The molecule has 3 N–H and O–H groups in total. The molecular weight excluding hydrogens is 270 g/mol. The maximum absolute atomic E-state index is 11.8. The minimum atomic E-state index is -0.388. The molecule has 0 radical (unpaired) electrons. The summed E-state index contributed by atoms with van der Waals surface area (Å²) in [6, 6.07) is -0.388. The van der Waals surface area contributed by atoms with Gasteiger partial charge in [-0.25, -0.2) is 0 Å². The van der Waals surface area contributed by atoms with E-state index >= 15 is 0 Å². The van der Waals surface area contributed by atoms with Crippen LogP contribution in [-0.2, 0) is 14.3 Å². The zero-order valence-corrected chi connectivity index (χ0v) is 12.7. The number of hydrogen-bond donors (Lipinski definition) is 3. The minimum Gasteiger partial charge on any atom is -0.375 e. The van der Waals surface area contributed by atoms with Crippen LogP contribution in [0.1, 0.15) is 27.7 Å². The van der Waals surface area contributed by atoms with Gasteiger partial charge in [-0.3, -0.25) is 9.59 Å². The van der Waals surface area contributed by atoms with Crippen molar-refractivity contribution >= 4 is 24.2 Å². The number of nitrogens with one attached hydrogen (secondary N) is 3. The highest BCUT2D eigenvalue weighted by atomic mass is 35.5. The fourth-order valence-corrected chi connectivity index (χ4v) is 1.77. The van der Waals surface area contributed by atoms with E-state index in [-0.39, 0.29) is 48.5 Å². The van der Waals surface area contributed by atoms with Crippen LogP contribution < -0.4 is 16.0 Å². The number of ether oxygens (including phenoxy) is 1. The summed E-state index contributed by atoms with van der Waals surface area (Å²) in [5.41, 5.74) is -0.290. The Kier molecular flexibility index (Phi) is 7.33. The molecule has 1 aliphatic rings. The van der Waals surface area contributed by atoms with Crippen LogP contribution in [0.5, 0.6) is 0 Å². The minimum absolute atomic E-state index is 0. The first-order valence-corrected chi connectivity index (χ1v) is 6.23. The van der Waals surface area contributed by atoms with Gasteiger partial charge in [0, 0.05) is 12.1 Å². The lowest BCUT2D eigenvalue weighted by Crippen LogP contribution is -2.57. The number of amides is 2. The van der Waals surface area contributed by atoms with Crippen molar-refractivity contribution in [3.63, 3.8) is 0 Å². The van der Waals surface area contributed by atoms with Crippen LogP contribution in [0.3, 0.4) is 0 Å². The van der Waals surface area contributed by atoms with Crippen LogP contribution in [0.25, 0.3) is 0 Å². The second-order valence-corrected chi connectivity index (χ2v) is 5.52. The Labute approximate surface area is 120 Å². The summed E-state index contributed by atoms with van der Waals surface area (Å²) < 4.78 is 5.38. The summed E-state index contributed by atoms with van der Waals surface area (Å²) in [7, 11) is 0. The third-order valence-corrected chi connectivity index (χ3v) is 2.54. The quantitative estimate of drug-likeness (QED) is 0.674. The van der Waals surface area contributed by atoms with Crippen molar-refractivity contribution in [3.05, 3.63) is 0 Å². The summed E-state index contributed by atoms with van der Waals surface area (Å²) in [5, 5.41) is 8.47. The number of hydrogen-bond acceptors (Lipinski definition) is 4. The van der Waals surface area contributed by atoms with E-state index < -0.39 is 0 Å². The second-order valence-electron chi connectivity index (χ2n) is 5.52. The van der Waals surface area contributed by atoms with E-state index in [0.29, 0.717) is 13.2 Å². The van der Waals surface area contributed by atoms with Gasteiger partial charge in [0.05, 0.1) is 19.3 Å².